The highest BCUT2D eigenvalue weighted by Gasteiger charge is 2.22. The fourth-order valence-corrected chi connectivity index (χ4v) is 3.48. The van der Waals surface area contributed by atoms with Gasteiger partial charge >= 0.3 is 0 Å². The average Bonchev–Trinajstić information content (AvgIpc) is 3.27. The first-order valence-electron chi connectivity index (χ1n) is 7.83. The topological polar surface area (TPSA) is 83.4 Å². The number of pyridine rings is 1. The first kappa shape index (κ1) is 17.0. The van der Waals surface area contributed by atoms with E-state index in [0.717, 1.165) is 40.8 Å². The number of carbonyl (C=O) groups excluding carboxylic acids is 1. The highest BCUT2D eigenvalue weighted by Crippen LogP contribution is 2.29. The number of hydrogen-bond acceptors (Lipinski definition) is 5. The van der Waals surface area contributed by atoms with Crippen molar-refractivity contribution in [1.82, 2.24) is 9.36 Å². The van der Waals surface area contributed by atoms with E-state index in [4.69, 9.17) is 14.9 Å². The lowest BCUT2D eigenvalue weighted by atomic mass is 10.1. The Hall–Kier alpha value is -2.80. The number of hydrogen-bond donors (Lipinski definition) is 1. The molecule has 128 valence electrons. The minimum Gasteiger partial charge on any atom is -0.483 e. The third-order valence-electron chi connectivity index (χ3n) is 4.11. The van der Waals surface area contributed by atoms with Crippen LogP contribution in [0, 0.1) is 6.92 Å². The van der Waals surface area contributed by atoms with E-state index in [9.17, 15) is 4.79 Å². The number of fused-ring (bicyclic) bond motifs is 1. The van der Waals surface area contributed by atoms with Gasteiger partial charge in [0, 0.05) is 35.0 Å². The first-order valence-corrected chi connectivity index (χ1v) is 8.67. The van der Waals surface area contributed by atoms with Crippen molar-refractivity contribution < 1.29 is 14.7 Å². The zero-order chi connectivity index (χ0) is 17.8. The normalized spacial score (nSPS) is 13.6. The quantitative estimate of drug-likeness (QED) is 0.711. The van der Waals surface area contributed by atoms with E-state index >= 15 is 0 Å². The van der Waals surface area contributed by atoms with Crippen LogP contribution in [0.4, 0.5) is 5.69 Å². The van der Waals surface area contributed by atoms with Crippen LogP contribution in [0.5, 0.6) is 0 Å². The molecule has 1 saturated heterocycles. The minimum absolute atomic E-state index is 0.214. The highest BCUT2D eigenvalue weighted by molar-refractivity contribution is 7.03. The number of anilines is 1. The lowest BCUT2D eigenvalue weighted by molar-refractivity contribution is -0.123. The smallest absolute Gasteiger partial charge is 0.290 e. The monoisotopic (exact) mass is 355 g/mol. The van der Waals surface area contributed by atoms with E-state index in [1.165, 1.54) is 17.1 Å². The van der Waals surface area contributed by atoms with Gasteiger partial charge in [-0.15, -0.1) is 0 Å². The molecule has 0 atom stereocenters. The number of benzene rings is 1. The SMILES string of the molecule is Cc1cc(-c2cnsc2)nc2ccc(N3CCCC3=O)cc12.O=CO. The van der Waals surface area contributed by atoms with Gasteiger partial charge in [0.15, 0.2) is 0 Å². The summed E-state index contributed by atoms with van der Waals surface area (Å²) in [4.78, 5) is 26.9. The average molecular weight is 355 g/mol. The van der Waals surface area contributed by atoms with Gasteiger partial charge in [0.25, 0.3) is 6.47 Å². The Morgan fingerprint density at radius 2 is 2.12 bits per heavy atom. The Morgan fingerprint density at radius 3 is 2.76 bits per heavy atom. The molecular formula is C18H17N3O3S. The second-order valence-corrected chi connectivity index (χ2v) is 6.35. The van der Waals surface area contributed by atoms with Crippen molar-refractivity contribution in [1.29, 1.82) is 0 Å². The van der Waals surface area contributed by atoms with Gasteiger partial charge in [-0.3, -0.25) is 9.59 Å². The molecule has 0 bridgehead atoms. The molecule has 3 aromatic rings. The molecule has 1 aromatic carbocycles. The van der Waals surface area contributed by atoms with Gasteiger partial charge in [0.1, 0.15) is 0 Å². The van der Waals surface area contributed by atoms with Crippen LogP contribution >= 0.6 is 11.5 Å². The summed E-state index contributed by atoms with van der Waals surface area (Å²) >= 11 is 1.43. The largest absolute Gasteiger partial charge is 0.483 e. The van der Waals surface area contributed by atoms with E-state index in [2.05, 4.69) is 23.4 Å². The molecule has 4 rings (SSSR count). The van der Waals surface area contributed by atoms with Crippen LogP contribution in [0.25, 0.3) is 22.2 Å². The Morgan fingerprint density at radius 1 is 1.32 bits per heavy atom. The van der Waals surface area contributed by atoms with E-state index in [-0.39, 0.29) is 12.4 Å². The van der Waals surface area contributed by atoms with Crippen LogP contribution in [-0.4, -0.2) is 33.4 Å². The summed E-state index contributed by atoms with van der Waals surface area (Å²) in [6, 6.07) is 8.17. The van der Waals surface area contributed by atoms with Crippen molar-refractivity contribution >= 4 is 40.5 Å². The molecule has 6 nitrogen and oxygen atoms in total. The van der Waals surface area contributed by atoms with Crippen molar-refractivity contribution in [2.24, 2.45) is 0 Å². The van der Waals surface area contributed by atoms with Gasteiger partial charge in [0.05, 0.1) is 17.4 Å². The highest BCUT2D eigenvalue weighted by atomic mass is 32.1. The number of carbonyl (C=O) groups is 2. The number of aryl methyl sites for hydroxylation is 1. The lowest BCUT2D eigenvalue weighted by Crippen LogP contribution is -2.23. The summed E-state index contributed by atoms with van der Waals surface area (Å²) in [5.41, 5.74) is 5.10. The third kappa shape index (κ3) is 3.51. The molecule has 1 fully saturated rings. The Bertz CT molecular complexity index is 909. The van der Waals surface area contributed by atoms with Crippen molar-refractivity contribution in [3.8, 4) is 11.3 Å². The van der Waals surface area contributed by atoms with E-state index in [0.29, 0.717) is 6.42 Å². The maximum absolute atomic E-state index is 11.9. The van der Waals surface area contributed by atoms with Crippen molar-refractivity contribution in [2.75, 3.05) is 11.4 Å². The Balaban J connectivity index is 0.000000569. The van der Waals surface area contributed by atoms with Crippen LogP contribution in [0.15, 0.2) is 35.8 Å². The van der Waals surface area contributed by atoms with E-state index in [1.54, 1.807) is 0 Å². The number of amides is 1. The zero-order valence-corrected chi connectivity index (χ0v) is 14.5. The molecule has 0 spiro atoms. The minimum atomic E-state index is -0.250. The van der Waals surface area contributed by atoms with Gasteiger partial charge in [0.2, 0.25) is 5.91 Å². The summed E-state index contributed by atoms with van der Waals surface area (Å²) in [6.45, 7) is 2.65. The predicted molar refractivity (Wildman–Crippen MR) is 97.9 cm³/mol. The molecule has 1 aliphatic heterocycles. The lowest BCUT2D eigenvalue weighted by Gasteiger charge is -2.17. The van der Waals surface area contributed by atoms with Crippen LogP contribution in [0.1, 0.15) is 18.4 Å². The van der Waals surface area contributed by atoms with Crippen LogP contribution in [0.3, 0.4) is 0 Å². The van der Waals surface area contributed by atoms with Gasteiger partial charge in [-0.05, 0) is 54.7 Å². The number of aromatic nitrogens is 2. The number of rotatable bonds is 2. The van der Waals surface area contributed by atoms with Gasteiger partial charge in [-0.1, -0.05) is 0 Å². The molecule has 0 unspecified atom stereocenters. The molecule has 7 heteroatoms. The summed E-state index contributed by atoms with van der Waals surface area (Å²) in [5.74, 6) is 0.214. The standard InChI is InChI=1S/C17H15N3OS.CH2O2/c1-11-7-16(12-9-18-22-10-12)19-15-5-4-13(8-14(11)15)20-6-2-3-17(20)21;2-1-3/h4-5,7-10H,2-3,6H2,1H3;1H,(H,2,3). The van der Waals surface area contributed by atoms with E-state index < -0.39 is 0 Å². The Labute approximate surface area is 148 Å². The summed E-state index contributed by atoms with van der Waals surface area (Å²) < 4.78 is 4.14. The Kier molecular flexibility index (Phi) is 5.04. The first-order chi connectivity index (χ1) is 12.1. The molecule has 0 aliphatic carbocycles. The number of carboxylic acid groups (broad SMARTS) is 1. The maximum Gasteiger partial charge on any atom is 0.290 e. The zero-order valence-electron chi connectivity index (χ0n) is 13.7. The molecule has 0 saturated carbocycles. The molecule has 25 heavy (non-hydrogen) atoms. The van der Waals surface area contributed by atoms with Gasteiger partial charge in [-0.2, -0.15) is 0 Å². The van der Waals surface area contributed by atoms with E-state index in [1.807, 2.05) is 28.6 Å². The molecule has 0 radical (unpaired) electrons. The van der Waals surface area contributed by atoms with Crippen LogP contribution < -0.4 is 4.90 Å². The predicted octanol–water partition coefficient (Wildman–Crippen LogP) is 3.49. The van der Waals surface area contributed by atoms with Gasteiger partial charge < -0.3 is 10.0 Å². The van der Waals surface area contributed by atoms with Crippen molar-refractivity contribution in [3.05, 3.63) is 41.4 Å². The second-order valence-electron chi connectivity index (χ2n) is 5.69. The molecule has 1 amide bonds. The molecule has 1 aliphatic rings. The molecule has 2 aromatic heterocycles. The van der Waals surface area contributed by atoms with Crippen molar-refractivity contribution in [2.45, 2.75) is 19.8 Å². The number of nitrogens with zero attached hydrogens (tertiary/aromatic N) is 3. The second kappa shape index (κ2) is 7.40. The summed E-state index contributed by atoms with van der Waals surface area (Å²) in [6.07, 6.45) is 3.44. The third-order valence-corrected chi connectivity index (χ3v) is 4.70. The van der Waals surface area contributed by atoms with Crippen molar-refractivity contribution in [3.63, 3.8) is 0 Å². The van der Waals surface area contributed by atoms with Crippen LogP contribution in [-0.2, 0) is 9.59 Å². The maximum atomic E-state index is 11.9. The fourth-order valence-electron chi connectivity index (χ4n) is 2.95. The van der Waals surface area contributed by atoms with Crippen LogP contribution in [0.2, 0.25) is 0 Å². The summed E-state index contributed by atoms with van der Waals surface area (Å²) in [7, 11) is 0. The molecular weight excluding hydrogens is 338 g/mol. The summed E-state index contributed by atoms with van der Waals surface area (Å²) in [5, 5.41) is 9.99. The fraction of sp³-hybridized carbons (Fsp3) is 0.222. The van der Waals surface area contributed by atoms with Gasteiger partial charge in [-0.25, -0.2) is 9.36 Å². The molecule has 3 heterocycles. The molecule has 1 N–H and O–H groups in total.